The minimum Gasteiger partial charge on any atom is -0.508 e. The summed E-state index contributed by atoms with van der Waals surface area (Å²) in [7, 11) is 1.92. The number of nitrogens with one attached hydrogen (secondary N) is 2. The maximum absolute atomic E-state index is 12.2. The summed E-state index contributed by atoms with van der Waals surface area (Å²) in [5.41, 5.74) is 5.76. The number of aliphatic hydroxyl groups excluding tert-OH is 2. The summed E-state index contributed by atoms with van der Waals surface area (Å²) >= 11 is 0. The molecular formula is C34H43N3O8. The number of hydroxylamine groups is 1. The Hall–Kier alpha value is -3.84. The zero-order valence-corrected chi connectivity index (χ0v) is 25.5. The quantitative estimate of drug-likeness (QED) is 0.0843. The number of likely N-dealkylation sites (N-methyl/N-ethyl adjacent to an activating group) is 1. The molecule has 0 saturated carbocycles. The summed E-state index contributed by atoms with van der Waals surface area (Å²) in [5, 5.41) is 41.4. The third-order valence-electron chi connectivity index (χ3n) is 7.79. The molecule has 6 N–H and O–H groups in total. The number of carbonyl (C=O) groups is 2. The molecule has 0 spiro atoms. The fourth-order valence-electron chi connectivity index (χ4n) is 5.30. The van der Waals surface area contributed by atoms with E-state index in [1.54, 1.807) is 29.7 Å². The first-order valence-corrected chi connectivity index (χ1v) is 15.2. The second kappa shape index (κ2) is 17.0. The van der Waals surface area contributed by atoms with Gasteiger partial charge in [0.2, 0.25) is 11.8 Å². The maximum Gasteiger partial charge on any atom is 0.243 e. The van der Waals surface area contributed by atoms with Crippen LogP contribution in [0.2, 0.25) is 0 Å². The summed E-state index contributed by atoms with van der Waals surface area (Å²) in [4.78, 5) is 25.3. The molecule has 0 aromatic heterocycles. The van der Waals surface area contributed by atoms with Crippen LogP contribution in [0.3, 0.4) is 0 Å². The summed E-state index contributed by atoms with van der Waals surface area (Å²) in [6.07, 6.45) is 0.224. The van der Waals surface area contributed by atoms with Crippen molar-refractivity contribution in [3.63, 3.8) is 0 Å². The van der Waals surface area contributed by atoms with E-state index in [2.05, 4.69) is 5.32 Å². The highest BCUT2D eigenvalue weighted by molar-refractivity contribution is 5.76. The van der Waals surface area contributed by atoms with Crippen molar-refractivity contribution in [1.29, 1.82) is 0 Å². The zero-order valence-electron chi connectivity index (χ0n) is 25.5. The van der Waals surface area contributed by atoms with Gasteiger partial charge in [0, 0.05) is 44.5 Å². The monoisotopic (exact) mass is 621 g/mol. The number of benzene rings is 3. The average molecular weight is 622 g/mol. The maximum atomic E-state index is 12.2. The molecule has 0 bridgehead atoms. The number of hydrogen-bond acceptors (Lipinski definition) is 9. The molecule has 3 aromatic rings. The Labute approximate surface area is 263 Å². The Morgan fingerprint density at radius 2 is 1.60 bits per heavy atom. The molecule has 0 aliphatic carbocycles. The van der Waals surface area contributed by atoms with Gasteiger partial charge in [-0.05, 0) is 54.3 Å². The Kier molecular flexibility index (Phi) is 12.9. The van der Waals surface area contributed by atoms with E-state index in [1.807, 2.05) is 60.5 Å². The van der Waals surface area contributed by atoms with Crippen LogP contribution in [-0.4, -0.2) is 63.5 Å². The minimum atomic E-state index is -0.777. The molecule has 4 rings (SSSR count). The number of carbonyl (C=O) groups excluding carboxylic acids is 2. The van der Waals surface area contributed by atoms with Crippen molar-refractivity contribution >= 4 is 11.8 Å². The highest BCUT2D eigenvalue weighted by Crippen LogP contribution is 2.38. The first kappa shape index (κ1) is 34.0. The molecule has 0 radical (unpaired) electrons. The molecule has 4 atom stereocenters. The number of ether oxygens (including phenoxy) is 2. The lowest BCUT2D eigenvalue weighted by molar-refractivity contribution is -0.252. The van der Waals surface area contributed by atoms with Crippen LogP contribution in [-0.2, 0) is 32.2 Å². The molecule has 3 aromatic carbocycles. The number of aromatic hydroxyl groups is 1. The highest BCUT2D eigenvalue weighted by Gasteiger charge is 2.33. The van der Waals surface area contributed by atoms with Gasteiger partial charge in [-0.2, -0.15) is 0 Å². The predicted octanol–water partition coefficient (Wildman–Crippen LogP) is 3.78. The van der Waals surface area contributed by atoms with Gasteiger partial charge >= 0.3 is 0 Å². The molecule has 242 valence electrons. The molecule has 1 heterocycles. The standard InChI is InChI=1S/C34H43N3O8/c1-37(21-30(40)27-5-4-6-28(39)17-27)20-29-18-31(25-13-11-24(22-38)12-14-25)45-34(44-29)26-15-9-23(10-16-26)19-35-32(41)7-2-3-8-33(42)36-43/h4-6,9-17,29-31,34,38-40,43H,2-3,7-8,18-22H2,1H3,(H,35,41)(H,36,42). The van der Waals surface area contributed by atoms with Gasteiger partial charge in [0.1, 0.15) is 5.75 Å². The Morgan fingerprint density at radius 3 is 2.27 bits per heavy atom. The number of nitrogens with zero attached hydrogens (tertiary/aromatic N) is 1. The molecule has 11 heteroatoms. The van der Waals surface area contributed by atoms with Gasteiger partial charge in [-0.3, -0.25) is 14.8 Å². The first-order chi connectivity index (χ1) is 21.7. The van der Waals surface area contributed by atoms with Crippen LogP contribution in [0, 0.1) is 0 Å². The first-order valence-electron chi connectivity index (χ1n) is 15.2. The van der Waals surface area contributed by atoms with Crippen LogP contribution < -0.4 is 10.8 Å². The summed E-state index contributed by atoms with van der Waals surface area (Å²) < 4.78 is 12.9. The van der Waals surface area contributed by atoms with Crippen LogP contribution in [0.5, 0.6) is 5.75 Å². The average Bonchev–Trinajstić information content (AvgIpc) is 3.05. The number of unbranched alkanes of at least 4 members (excludes halogenated alkanes) is 1. The molecule has 1 aliphatic rings. The van der Waals surface area contributed by atoms with Gasteiger partial charge in [-0.25, -0.2) is 5.48 Å². The van der Waals surface area contributed by atoms with Crippen LogP contribution in [0.25, 0.3) is 0 Å². The molecule has 1 aliphatic heterocycles. The number of hydrogen-bond donors (Lipinski definition) is 6. The summed E-state index contributed by atoms with van der Waals surface area (Å²) in [5.74, 6) is -0.469. The Bertz CT molecular complexity index is 1370. The molecule has 4 unspecified atom stereocenters. The lowest BCUT2D eigenvalue weighted by atomic mass is 9.99. The van der Waals surface area contributed by atoms with Crippen LogP contribution >= 0.6 is 0 Å². The summed E-state index contributed by atoms with van der Waals surface area (Å²) in [6, 6.07) is 22.0. The normalized spacial score (nSPS) is 18.8. The van der Waals surface area contributed by atoms with Crippen molar-refractivity contribution in [3.05, 3.63) is 101 Å². The predicted molar refractivity (Wildman–Crippen MR) is 166 cm³/mol. The van der Waals surface area contributed by atoms with Crippen LogP contribution in [0.15, 0.2) is 72.8 Å². The second-order valence-corrected chi connectivity index (χ2v) is 11.4. The topological polar surface area (TPSA) is 161 Å². The number of amides is 2. The SMILES string of the molecule is CN(CC1CC(c2ccc(CO)cc2)OC(c2ccc(CNC(=O)CCCCC(=O)NO)cc2)O1)CC(O)c1cccc(O)c1. The van der Waals surface area contributed by atoms with Crippen molar-refractivity contribution in [3.8, 4) is 5.75 Å². The van der Waals surface area contributed by atoms with Gasteiger partial charge in [0.05, 0.1) is 24.9 Å². The van der Waals surface area contributed by atoms with E-state index in [-0.39, 0.29) is 36.9 Å². The lowest BCUT2D eigenvalue weighted by Crippen LogP contribution is -2.39. The van der Waals surface area contributed by atoms with Gasteiger partial charge < -0.3 is 35.0 Å². The number of phenols is 1. The van der Waals surface area contributed by atoms with Crippen LogP contribution in [0.1, 0.15) is 78.4 Å². The number of aliphatic hydroxyl groups is 2. The van der Waals surface area contributed by atoms with E-state index >= 15 is 0 Å². The van der Waals surface area contributed by atoms with Gasteiger partial charge in [-0.1, -0.05) is 60.7 Å². The fraction of sp³-hybridized carbons (Fsp3) is 0.412. The lowest BCUT2D eigenvalue weighted by Gasteiger charge is -2.38. The van der Waals surface area contributed by atoms with Gasteiger partial charge in [-0.15, -0.1) is 0 Å². The van der Waals surface area contributed by atoms with E-state index in [0.29, 0.717) is 50.9 Å². The van der Waals surface area contributed by atoms with Crippen molar-refractivity contribution in [1.82, 2.24) is 15.7 Å². The van der Waals surface area contributed by atoms with E-state index in [9.17, 15) is 24.9 Å². The molecule has 1 saturated heterocycles. The van der Waals surface area contributed by atoms with E-state index in [0.717, 1.165) is 22.3 Å². The van der Waals surface area contributed by atoms with Crippen LogP contribution in [0.4, 0.5) is 0 Å². The minimum absolute atomic E-state index is 0.0391. The van der Waals surface area contributed by atoms with Crippen molar-refractivity contribution in [2.75, 3.05) is 20.1 Å². The highest BCUT2D eigenvalue weighted by atomic mass is 16.7. The van der Waals surface area contributed by atoms with E-state index < -0.39 is 18.3 Å². The second-order valence-electron chi connectivity index (χ2n) is 11.4. The molecule has 45 heavy (non-hydrogen) atoms. The number of phenolic OH excluding ortho intramolecular Hbond substituents is 1. The van der Waals surface area contributed by atoms with Gasteiger partial charge in [0.25, 0.3) is 0 Å². The van der Waals surface area contributed by atoms with Gasteiger partial charge in [0.15, 0.2) is 6.29 Å². The third kappa shape index (κ3) is 10.6. The van der Waals surface area contributed by atoms with E-state index in [1.165, 1.54) is 0 Å². The molecule has 2 amide bonds. The smallest absolute Gasteiger partial charge is 0.243 e. The van der Waals surface area contributed by atoms with Crippen molar-refractivity contribution in [2.24, 2.45) is 0 Å². The largest absolute Gasteiger partial charge is 0.508 e. The molecule has 1 fully saturated rings. The van der Waals surface area contributed by atoms with E-state index in [4.69, 9.17) is 14.7 Å². The van der Waals surface area contributed by atoms with Crippen molar-refractivity contribution in [2.45, 2.75) is 69.9 Å². The van der Waals surface area contributed by atoms with Crippen molar-refractivity contribution < 1.29 is 39.6 Å². The third-order valence-corrected chi connectivity index (χ3v) is 7.79. The zero-order chi connectivity index (χ0) is 32.2. The molecule has 11 nitrogen and oxygen atoms in total. The summed E-state index contributed by atoms with van der Waals surface area (Å²) in [6.45, 7) is 1.21. The molecular weight excluding hydrogens is 578 g/mol. The number of rotatable bonds is 15. The fourth-order valence-corrected chi connectivity index (χ4v) is 5.30. The Morgan fingerprint density at radius 1 is 0.933 bits per heavy atom. The Balaban J connectivity index is 1.37.